The van der Waals surface area contributed by atoms with Gasteiger partial charge in [-0.05, 0) is 41.5 Å². The second-order valence-corrected chi connectivity index (χ2v) is 8.72. The van der Waals surface area contributed by atoms with Crippen LogP contribution in [0.25, 0.3) is 11.0 Å². The van der Waals surface area contributed by atoms with Gasteiger partial charge in [-0.1, -0.05) is 30.3 Å². The Morgan fingerprint density at radius 1 is 1.06 bits per heavy atom. The zero-order valence-corrected chi connectivity index (χ0v) is 19.2. The molecule has 0 atom stereocenters. The lowest BCUT2D eigenvalue weighted by Crippen LogP contribution is -2.14. The lowest BCUT2D eigenvalue weighted by atomic mass is 10.0. The molecular formula is C26H25N3O3S. The lowest BCUT2D eigenvalue weighted by Gasteiger charge is -2.12. The third-order valence-electron chi connectivity index (χ3n) is 5.20. The van der Waals surface area contributed by atoms with Gasteiger partial charge in [0, 0.05) is 47.7 Å². The van der Waals surface area contributed by atoms with Crippen LogP contribution in [0, 0.1) is 0 Å². The van der Waals surface area contributed by atoms with Crippen LogP contribution in [0.3, 0.4) is 0 Å². The normalized spacial score (nSPS) is 10.8. The summed E-state index contributed by atoms with van der Waals surface area (Å²) in [5.74, 6) is 1.86. The minimum atomic E-state index is -0.118. The van der Waals surface area contributed by atoms with Gasteiger partial charge in [-0.3, -0.25) is 9.59 Å². The van der Waals surface area contributed by atoms with E-state index in [1.807, 2.05) is 48.8 Å². The number of Topliss-reactive ketones (excluding diaryl/α,β-unsaturated/α-hetero) is 1. The summed E-state index contributed by atoms with van der Waals surface area (Å²) < 4.78 is 5.37. The molecule has 0 aliphatic rings. The molecule has 4 aromatic rings. The first-order valence-electron chi connectivity index (χ1n) is 10.7. The van der Waals surface area contributed by atoms with Crippen LogP contribution < -0.4 is 10.1 Å². The first kappa shape index (κ1) is 22.6. The van der Waals surface area contributed by atoms with Gasteiger partial charge in [0.25, 0.3) is 0 Å². The summed E-state index contributed by atoms with van der Waals surface area (Å²) in [5.41, 5.74) is 4.00. The first-order valence-corrected chi connectivity index (χ1v) is 11.8. The Kier molecular flexibility index (Phi) is 7.42. The molecule has 2 aromatic heterocycles. The molecule has 0 unspecified atom stereocenters. The van der Waals surface area contributed by atoms with Gasteiger partial charge in [0.2, 0.25) is 5.91 Å². The number of hydrogen-bond donors (Lipinski definition) is 2. The van der Waals surface area contributed by atoms with E-state index in [2.05, 4.69) is 21.4 Å². The van der Waals surface area contributed by atoms with E-state index in [0.29, 0.717) is 35.6 Å². The fourth-order valence-electron chi connectivity index (χ4n) is 3.49. The fourth-order valence-corrected chi connectivity index (χ4v) is 4.36. The van der Waals surface area contributed by atoms with Crippen molar-refractivity contribution in [3.63, 3.8) is 0 Å². The summed E-state index contributed by atoms with van der Waals surface area (Å²) in [4.78, 5) is 32.7. The lowest BCUT2D eigenvalue weighted by molar-refractivity contribution is -0.115. The van der Waals surface area contributed by atoms with Crippen LogP contribution in [0.2, 0.25) is 0 Å². The molecule has 0 aliphatic heterocycles. The van der Waals surface area contributed by atoms with E-state index < -0.39 is 0 Å². The van der Waals surface area contributed by atoms with E-state index in [4.69, 9.17) is 4.74 Å². The maximum Gasteiger partial charge on any atom is 0.225 e. The molecule has 4 rings (SSSR count). The number of ketones is 1. The topological polar surface area (TPSA) is 84.1 Å². The predicted octanol–water partition coefficient (Wildman–Crippen LogP) is 5.26. The fraction of sp³-hybridized carbons (Fsp3) is 0.192. The number of aromatic amines is 1. The van der Waals surface area contributed by atoms with Crippen molar-refractivity contribution in [1.29, 1.82) is 0 Å². The van der Waals surface area contributed by atoms with Crippen molar-refractivity contribution in [2.75, 3.05) is 18.2 Å². The third kappa shape index (κ3) is 6.02. The molecule has 0 bridgehead atoms. The molecule has 2 N–H and O–H groups in total. The number of carbonyl (C=O) groups excluding carboxylic acids is 2. The average Bonchev–Trinajstić information content (AvgIpc) is 3.30. The Hall–Kier alpha value is -3.58. The molecule has 0 radical (unpaired) electrons. The minimum Gasteiger partial charge on any atom is -0.495 e. The van der Waals surface area contributed by atoms with Gasteiger partial charge in [-0.15, -0.1) is 0 Å². The second kappa shape index (κ2) is 10.8. The highest BCUT2D eigenvalue weighted by Gasteiger charge is 2.13. The first-order chi connectivity index (χ1) is 16.1. The number of rotatable bonds is 10. The van der Waals surface area contributed by atoms with Gasteiger partial charge in [-0.2, -0.15) is 11.8 Å². The molecule has 2 aromatic carbocycles. The predicted molar refractivity (Wildman–Crippen MR) is 133 cm³/mol. The number of pyridine rings is 1. The number of nitrogens with zero attached hydrogens (tertiary/aromatic N) is 1. The molecule has 0 aliphatic carbocycles. The number of amides is 1. The maximum atomic E-state index is 12.7. The zero-order chi connectivity index (χ0) is 23.0. The summed E-state index contributed by atoms with van der Waals surface area (Å²) >= 11 is 1.68. The molecule has 2 heterocycles. The number of methoxy groups -OCH3 is 1. The van der Waals surface area contributed by atoms with Crippen molar-refractivity contribution in [3.8, 4) is 5.75 Å². The number of thioether (sulfide) groups is 1. The molecule has 6 nitrogen and oxygen atoms in total. The van der Waals surface area contributed by atoms with Gasteiger partial charge in [0.05, 0.1) is 12.8 Å². The highest BCUT2D eigenvalue weighted by molar-refractivity contribution is 7.98. The molecule has 0 saturated carbocycles. The molecule has 0 fully saturated rings. The smallest absolute Gasteiger partial charge is 0.225 e. The van der Waals surface area contributed by atoms with Crippen molar-refractivity contribution in [2.45, 2.75) is 18.6 Å². The van der Waals surface area contributed by atoms with Gasteiger partial charge in [0.1, 0.15) is 11.4 Å². The standard InChI is InChI=1S/C26H25N3O3S/c1-32-24-8-7-20(23(30)14-18-5-3-2-4-6-18)15-22(24)29-25(31)10-12-33-17-19-13-21-9-11-27-26(21)28-16-19/h2-9,11,13,15-16H,10,12,14,17H2,1H3,(H,27,28)(H,29,31). The maximum absolute atomic E-state index is 12.7. The van der Waals surface area contributed by atoms with Crippen LogP contribution in [0.5, 0.6) is 5.75 Å². The quantitative estimate of drug-likeness (QED) is 0.250. The summed E-state index contributed by atoms with van der Waals surface area (Å²) in [7, 11) is 1.54. The highest BCUT2D eigenvalue weighted by atomic mass is 32.2. The number of hydrogen-bond acceptors (Lipinski definition) is 5. The third-order valence-corrected chi connectivity index (χ3v) is 6.23. The Bertz CT molecular complexity index is 1250. The Labute approximate surface area is 196 Å². The van der Waals surface area contributed by atoms with Crippen molar-refractivity contribution in [1.82, 2.24) is 9.97 Å². The number of carbonyl (C=O) groups is 2. The van der Waals surface area contributed by atoms with E-state index in [0.717, 1.165) is 27.9 Å². The van der Waals surface area contributed by atoms with E-state index in [1.165, 1.54) is 0 Å². The molecule has 168 valence electrons. The highest BCUT2D eigenvalue weighted by Crippen LogP contribution is 2.27. The van der Waals surface area contributed by atoms with Crippen molar-refractivity contribution >= 4 is 40.2 Å². The number of ether oxygens (including phenoxy) is 1. The van der Waals surface area contributed by atoms with Gasteiger partial charge >= 0.3 is 0 Å². The van der Waals surface area contributed by atoms with E-state index >= 15 is 0 Å². The zero-order valence-electron chi connectivity index (χ0n) is 18.3. The average molecular weight is 460 g/mol. The molecule has 0 saturated heterocycles. The second-order valence-electron chi connectivity index (χ2n) is 7.61. The van der Waals surface area contributed by atoms with Crippen LogP contribution in [0.4, 0.5) is 5.69 Å². The van der Waals surface area contributed by atoms with Crippen LogP contribution in [0.15, 0.2) is 73.1 Å². The van der Waals surface area contributed by atoms with Crippen LogP contribution in [-0.2, 0) is 17.0 Å². The molecule has 1 amide bonds. The number of nitrogens with one attached hydrogen (secondary N) is 2. The van der Waals surface area contributed by atoms with Gasteiger partial charge in [-0.25, -0.2) is 4.98 Å². The molecule has 33 heavy (non-hydrogen) atoms. The van der Waals surface area contributed by atoms with E-state index in [9.17, 15) is 9.59 Å². The van der Waals surface area contributed by atoms with Gasteiger partial charge < -0.3 is 15.0 Å². The van der Waals surface area contributed by atoms with Gasteiger partial charge in [0.15, 0.2) is 5.78 Å². The summed E-state index contributed by atoms with van der Waals surface area (Å²) in [5, 5.41) is 3.98. The molecule has 0 spiro atoms. The Balaban J connectivity index is 1.31. The summed E-state index contributed by atoms with van der Waals surface area (Å²) in [6, 6.07) is 18.8. The SMILES string of the molecule is COc1ccc(C(=O)Cc2ccccc2)cc1NC(=O)CCSCc1cnc2[nH]ccc2c1. The monoisotopic (exact) mass is 459 g/mol. The number of aromatic nitrogens is 2. The largest absolute Gasteiger partial charge is 0.495 e. The van der Waals surface area contributed by atoms with Crippen molar-refractivity contribution < 1.29 is 14.3 Å². The van der Waals surface area contributed by atoms with Crippen LogP contribution >= 0.6 is 11.8 Å². The van der Waals surface area contributed by atoms with Crippen molar-refractivity contribution in [2.24, 2.45) is 0 Å². The minimum absolute atomic E-state index is 0.0112. The number of fused-ring (bicyclic) bond motifs is 1. The summed E-state index contributed by atoms with van der Waals surface area (Å²) in [6.07, 6.45) is 4.39. The Morgan fingerprint density at radius 3 is 2.73 bits per heavy atom. The number of anilines is 1. The summed E-state index contributed by atoms with van der Waals surface area (Å²) in [6.45, 7) is 0. The van der Waals surface area contributed by atoms with Crippen LogP contribution in [0.1, 0.15) is 27.9 Å². The number of benzene rings is 2. The molecule has 7 heteroatoms. The van der Waals surface area contributed by atoms with E-state index in [-0.39, 0.29) is 11.7 Å². The van der Waals surface area contributed by atoms with E-state index in [1.54, 1.807) is 37.1 Å². The van der Waals surface area contributed by atoms with Crippen molar-refractivity contribution in [3.05, 3.63) is 89.7 Å². The van der Waals surface area contributed by atoms with Crippen LogP contribution in [-0.4, -0.2) is 34.5 Å². The Morgan fingerprint density at radius 2 is 1.91 bits per heavy atom. The number of H-pyrrole nitrogens is 1. The molecular weight excluding hydrogens is 434 g/mol.